The second-order valence-corrected chi connectivity index (χ2v) is 8.59. The monoisotopic (exact) mass is 485 g/mol. The van der Waals surface area contributed by atoms with E-state index in [1.807, 2.05) is 26.0 Å². The summed E-state index contributed by atoms with van der Waals surface area (Å²) in [6.45, 7) is 3.85. The second-order valence-electron chi connectivity index (χ2n) is 8.59. The number of carbonyl (C=O) groups excluding carboxylic acids is 1. The van der Waals surface area contributed by atoms with E-state index in [4.69, 9.17) is 9.47 Å². The number of aliphatic hydroxyl groups excluding tert-OH is 2. The van der Waals surface area contributed by atoms with E-state index in [1.54, 1.807) is 6.08 Å². The van der Waals surface area contributed by atoms with E-state index in [2.05, 4.69) is 5.32 Å². The largest absolute Gasteiger partial charge is 0.491 e. The van der Waals surface area contributed by atoms with E-state index in [9.17, 15) is 28.2 Å². The number of halogens is 3. The third-order valence-corrected chi connectivity index (χ3v) is 5.33. The van der Waals surface area contributed by atoms with E-state index < -0.39 is 23.9 Å². The highest BCUT2D eigenvalue weighted by molar-refractivity contribution is 5.69. The Morgan fingerprint density at radius 3 is 2.76 bits per heavy atom. The van der Waals surface area contributed by atoms with Crippen molar-refractivity contribution in [2.24, 2.45) is 5.92 Å². The number of hydrogen-bond acceptors (Lipinski definition) is 6. The predicted molar refractivity (Wildman–Crippen MR) is 122 cm³/mol. The van der Waals surface area contributed by atoms with Crippen LogP contribution in [0.3, 0.4) is 0 Å². The number of alkyl halides is 3. The summed E-state index contributed by atoms with van der Waals surface area (Å²) in [5, 5.41) is 23.6. The minimum atomic E-state index is -4.46. The Kier molecular flexibility index (Phi) is 11.1. The Labute approximate surface area is 198 Å². The van der Waals surface area contributed by atoms with Crippen molar-refractivity contribution in [2.45, 2.75) is 70.1 Å². The van der Waals surface area contributed by atoms with Crippen LogP contribution in [0.5, 0.6) is 5.75 Å². The number of ether oxygens (including phenoxy) is 2. The van der Waals surface area contributed by atoms with Gasteiger partial charge in [-0.3, -0.25) is 4.79 Å². The number of hydrogen-bond donors (Lipinski definition) is 3. The van der Waals surface area contributed by atoms with Crippen LogP contribution in [-0.4, -0.2) is 53.7 Å². The van der Waals surface area contributed by atoms with Gasteiger partial charge in [0.2, 0.25) is 0 Å². The van der Waals surface area contributed by atoms with Gasteiger partial charge in [-0.05, 0) is 51.3 Å². The van der Waals surface area contributed by atoms with Crippen LogP contribution in [0.4, 0.5) is 13.2 Å². The molecule has 0 unspecified atom stereocenters. The maximum atomic E-state index is 12.8. The zero-order valence-corrected chi connectivity index (χ0v) is 19.5. The summed E-state index contributed by atoms with van der Waals surface area (Å²) in [4.78, 5) is 11.5. The first kappa shape index (κ1) is 27.9. The molecule has 9 heteroatoms. The Morgan fingerprint density at radius 1 is 1.29 bits per heavy atom. The number of carbonyl (C=O) groups is 1. The van der Waals surface area contributed by atoms with Gasteiger partial charge in [-0.2, -0.15) is 13.2 Å². The van der Waals surface area contributed by atoms with Crippen LogP contribution in [0.25, 0.3) is 0 Å². The highest BCUT2D eigenvalue weighted by Gasteiger charge is 2.32. The third kappa shape index (κ3) is 9.87. The summed E-state index contributed by atoms with van der Waals surface area (Å²) in [5.74, 6) is -0.272. The molecule has 190 valence electrons. The summed E-state index contributed by atoms with van der Waals surface area (Å²) < 4.78 is 48.7. The van der Waals surface area contributed by atoms with Crippen LogP contribution in [-0.2, 0) is 15.7 Å². The quantitative estimate of drug-likeness (QED) is 0.236. The lowest BCUT2D eigenvalue weighted by Gasteiger charge is -2.17. The number of unbranched alkanes of at least 4 members (excludes halogenated alkanes) is 1. The fourth-order valence-electron chi connectivity index (χ4n) is 3.62. The van der Waals surface area contributed by atoms with Crippen LogP contribution in [0.2, 0.25) is 0 Å². The maximum Gasteiger partial charge on any atom is 0.416 e. The van der Waals surface area contributed by atoms with Gasteiger partial charge < -0.3 is 25.0 Å². The van der Waals surface area contributed by atoms with Crippen molar-refractivity contribution < 1.29 is 37.7 Å². The summed E-state index contributed by atoms with van der Waals surface area (Å²) in [6, 6.07) is 4.33. The third-order valence-electron chi connectivity index (χ3n) is 5.33. The van der Waals surface area contributed by atoms with Gasteiger partial charge in [0.05, 0.1) is 17.8 Å². The lowest BCUT2D eigenvalue weighted by atomic mass is 9.93. The van der Waals surface area contributed by atoms with Gasteiger partial charge in [-0.25, -0.2) is 0 Å². The summed E-state index contributed by atoms with van der Waals surface area (Å²) in [5.41, 5.74) is -0.814. The predicted octanol–water partition coefficient (Wildman–Crippen LogP) is 4.02. The van der Waals surface area contributed by atoms with Gasteiger partial charge in [-0.1, -0.05) is 30.4 Å². The van der Waals surface area contributed by atoms with Gasteiger partial charge >= 0.3 is 12.1 Å². The maximum absolute atomic E-state index is 12.8. The molecule has 0 aromatic heterocycles. The number of aliphatic hydroxyl groups is 2. The first-order chi connectivity index (χ1) is 16.1. The number of β-amino-alcohol motifs (C(OH)–C–C–N with tert-alkyl or cyclic N) is 1. The van der Waals surface area contributed by atoms with Crippen molar-refractivity contribution >= 4 is 5.97 Å². The van der Waals surface area contributed by atoms with Crippen molar-refractivity contribution in [2.75, 3.05) is 13.2 Å². The van der Waals surface area contributed by atoms with Crippen LogP contribution in [0, 0.1) is 5.92 Å². The molecule has 6 nitrogen and oxygen atoms in total. The molecule has 2 rings (SSSR count). The molecule has 34 heavy (non-hydrogen) atoms. The number of esters is 1. The van der Waals surface area contributed by atoms with E-state index in [0.717, 1.165) is 18.6 Å². The molecule has 0 saturated carbocycles. The van der Waals surface area contributed by atoms with Gasteiger partial charge in [0.15, 0.2) is 0 Å². The molecular weight excluding hydrogens is 451 g/mol. The first-order valence-electron chi connectivity index (χ1n) is 11.5. The molecule has 3 N–H and O–H groups in total. The molecule has 0 aliphatic carbocycles. The molecule has 1 fully saturated rings. The van der Waals surface area contributed by atoms with Crippen molar-refractivity contribution in [3.8, 4) is 5.75 Å². The second kappa shape index (κ2) is 13.5. The molecule has 0 spiro atoms. The Hall–Kier alpha value is -2.36. The van der Waals surface area contributed by atoms with Gasteiger partial charge in [0, 0.05) is 24.9 Å². The fraction of sp³-hybridized carbons (Fsp3) is 0.560. The molecule has 0 bridgehead atoms. The minimum absolute atomic E-state index is 0.0252. The standard InChI is InChI=1S/C25H34F3NO5/c1-17(2)34-24(32)11-6-4-3-5-10-21-22(29-15-23(21)31)13-12-19(30)16-33-20-9-7-8-18(14-20)25(26,27)28/h3,5,7-9,12-14,17,19,21-23,29-31H,4,6,10-11,15-16H2,1-2H3/b5-3-,13-12+/t19-,21-,22-,23+/m1/s1. The topological polar surface area (TPSA) is 88.0 Å². The van der Waals surface area contributed by atoms with Crippen molar-refractivity contribution in [3.05, 3.63) is 54.1 Å². The van der Waals surface area contributed by atoms with Gasteiger partial charge in [0.25, 0.3) is 0 Å². The number of benzene rings is 1. The zero-order chi connectivity index (χ0) is 25.1. The first-order valence-corrected chi connectivity index (χ1v) is 11.5. The van der Waals surface area contributed by atoms with Gasteiger partial charge in [-0.15, -0.1) is 0 Å². The van der Waals surface area contributed by atoms with Crippen LogP contribution in [0.15, 0.2) is 48.6 Å². The number of nitrogens with one attached hydrogen (secondary N) is 1. The summed E-state index contributed by atoms with van der Waals surface area (Å²) in [7, 11) is 0. The summed E-state index contributed by atoms with van der Waals surface area (Å²) in [6.07, 6.45) is 3.48. The van der Waals surface area contributed by atoms with Crippen LogP contribution < -0.4 is 10.1 Å². The molecule has 0 radical (unpaired) electrons. The molecule has 4 atom stereocenters. The number of allylic oxidation sites excluding steroid dienone is 2. The number of rotatable bonds is 12. The molecule has 0 amide bonds. The minimum Gasteiger partial charge on any atom is -0.491 e. The molecule has 1 aromatic rings. The zero-order valence-electron chi connectivity index (χ0n) is 19.5. The summed E-state index contributed by atoms with van der Waals surface area (Å²) >= 11 is 0. The average molecular weight is 486 g/mol. The Bertz CT molecular complexity index is 825. The van der Waals surface area contributed by atoms with Crippen molar-refractivity contribution in [3.63, 3.8) is 0 Å². The lowest BCUT2D eigenvalue weighted by Crippen LogP contribution is -2.26. The molecule has 1 aliphatic heterocycles. The van der Waals surface area contributed by atoms with E-state index >= 15 is 0 Å². The lowest BCUT2D eigenvalue weighted by molar-refractivity contribution is -0.147. The molecule has 1 aliphatic rings. The van der Waals surface area contributed by atoms with E-state index in [-0.39, 0.29) is 36.4 Å². The molecular formula is C25H34F3NO5. The van der Waals surface area contributed by atoms with E-state index in [1.165, 1.54) is 18.2 Å². The highest BCUT2D eigenvalue weighted by atomic mass is 19.4. The molecule has 1 saturated heterocycles. The van der Waals surface area contributed by atoms with E-state index in [0.29, 0.717) is 25.8 Å². The van der Waals surface area contributed by atoms with Gasteiger partial charge in [0.1, 0.15) is 18.5 Å². The van der Waals surface area contributed by atoms with Crippen LogP contribution in [0.1, 0.15) is 45.1 Å². The average Bonchev–Trinajstić information content (AvgIpc) is 3.11. The normalized spacial score (nSPS) is 22.1. The highest BCUT2D eigenvalue weighted by Crippen LogP contribution is 2.31. The Morgan fingerprint density at radius 2 is 2.06 bits per heavy atom. The van der Waals surface area contributed by atoms with Crippen LogP contribution >= 0.6 is 0 Å². The Balaban J connectivity index is 1.77. The smallest absolute Gasteiger partial charge is 0.416 e. The fourth-order valence-corrected chi connectivity index (χ4v) is 3.62. The SMILES string of the molecule is CC(C)OC(=O)CCC/C=C\C[C@H]1[C@@H](O)CN[C@@H]1/C=C/[C@@H](O)COc1cccc(C(F)(F)F)c1. The van der Waals surface area contributed by atoms with Crippen molar-refractivity contribution in [1.29, 1.82) is 0 Å². The van der Waals surface area contributed by atoms with Crippen molar-refractivity contribution in [1.82, 2.24) is 5.32 Å². The molecule has 1 aromatic carbocycles. The molecule has 1 heterocycles.